The molecule has 0 spiro atoms. The maximum atomic E-state index is 11.9. The second kappa shape index (κ2) is 5.83. The molecule has 94 valence electrons. The van der Waals surface area contributed by atoms with Gasteiger partial charge in [0.1, 0.15) is 0 Å². The molecule has 0 aromatic heterocycles. The quantitative estimate of drug-likeness (QED) is 0.770. The van der Waals surface area contributed by atoms with Crippen LogP contribution in [-0.2, 0) is 9.59 Å². The molecule has 1 aromatic rings. The van der Waals surface area contributed by atoms with Gasteiger partial charge in [0.05, 0.1) is 0 Å². The van der Waals surface area contributed by atoms with Gasteiger partial charge in [0.25, 0.3) is 5.91 Å². The number of benzene rings is 1. The smallest absolute Gasteiger partial charge is 0.253 e. The van der Waals surface area contributed by atoms with Crippen molar-refractivity contribution in [2.45, 2.75) is 19.3 Å². The fourth-order valence-electron chi connectivity index (χ4n) is 1.90. The summed E-state index contributed by atoms with van der Waals surface area (Å²) in [5, 5.41) is 0.589. The van der Waals surface area contributed by atoms with Crippen LogP contribution in [-0.4, -0.2) is 23.3 Å². The highest BCUT2D eigenvalue weighted by Gasteiger charge is 2.22. The normalized spacial score (nSPS) is 16.3. The van der Waals surface area contributed by atoms with Gasteiger partial charge in [-0.1, -0.05) is 29.8 Å². The van der Waals surface area contributed by atoms with E-state index in [9.17, 15) is 9.59 Å². The van der Waals surface area contributed by atoms with Gasteiger partial charge in [-0.3, -0.25) is 14.5 Å². The molecule has 4 heteroatoms. The molecule has 0 atom stereocenters. The summed E-state index contributed by atoms with van der Waals surface area (Å²) in [7, 11) is 0. The van der Waals surface area contributed by atoms with Gasteiger partial charge in [0.15, 0.2) is 0 Å². The van der Waals surface area contributed by atoms with Gasteiger partial charge in [-0.2, -0.15) is 0 Å². The lowest BCUT2D eigenvalue weighted by Gasteiger charge is -2.23. The molecule has 0 radical (unpaired) electrons. The van der Waals surface area contributed by atoms with E-state index >= 15 is 0 Å². The minimum Gasteiger partial charge on any atom is -0.279 e. The zero-order valence-electron chi connectivity index (χ0n) is 9.93. The fraction of sp³-hybridized carbons (Fsp3) is 0.286. The third kappa shape index (κ3) is 2.99. The Kier molecular flexibility index (Phi) is 4.15. The first-order chi connectivity index (χ1) is 8.68. The van der Waals surface area contributed by atoms with E-state index in [0.29, 0.717) is 18.0 Å². The Hall–Kier alpha value is -1.61. The highest BCUT2D eigenvalue weighted by Crippen LogP contribution is 2.17. The lowest BCUT2D eigenvalue weighted by Crippen LogP contribution is -2.39. The minimum absolute atomic E-state index is 0.0879. The zero-order chi connectivity index (χ0) is 13.0. The van der Waals surface area contributed by atoms with Crippen molar-refractivity contribution in [1.29, 1.82) is 0 Å². The number of imide groups is 1. The largest absolute Gasteiger partial charge is 0.279 e. The van der Waals surface area contributed by atoms with Crippen LogP contribution in [0.1, 0.15) is 24.8 Å². The summed E-state index contributed by atoms with van der Waals surface area (Å²) in [6, 6.07) is 7.26. The van der Waals surface area contributed by atoms with Crippen molar-refractivity contribution in [3.05, 3.63) is 40.9 Å². The summed E-state index contributed by atoms with van der Waals surface area (Å²) < 4.78 is 0. The van der Waals surface area contributed by atoms with Gasteiger partial charge in [0.2, 0.25) is 5.91 Å². The number of carbonyl (C=O) groups excluding carboxylic acids is 2. The van der Waals surface area contributed by atoms with Crippen molar-refractivity contribution in [2.24, 2.45) is 0 Å². The van der Waals surface area contributed by atoms with Gasteiger partial charge in [0, 0.05) is 24.1 Å². The van der Waals surface area contributed by atoms with Crippen LogP contribution in [0, 0.1) is 0 Å². The molecule has 1 aliphatic heterocycles. The number of rotatable bonds is 2. The van der Waals surface area contributed by atoms with E-state index in [0.717, 1.165) is 18.4 Å². The van der Waals surface area contributed by atoms with E-state index in [2.05, 4.69) is 0 Å². The third-order valence-corrected chi connectivity index (χ3v) is 3.24. The fourth-order valence-corrected chi connectivity index (χ4v) is 2.10. The van der Waals surface area contributed by atoms with E-state index in [-0.39, 0.29) is 11.8 Å². The third-order valence-electron chi connectivity index (χ3n) is 2.90. The van der Waals surface area contributed by atoms with Crippen LogP contribution in [0.2, 0.25) is 5.02 Å². The van der Waals surface area contributed by atoms with Crippen LogP contribution < -0.4 is 0 Å². The van der Waals surface area contributed by atoms with Gasteiger partial charge >= 0.3 is 0 Å². The number of nitrogens with zero attached hydrogens (tertiary/aromatic N) is 1. The number of hydrogen-bond acceptors (Lipinski definition) is 2. The van der Waals surface area contributed by atoms with Crippen LogP contribution in [0.4, 0.5) is 0 Å². The highest BCUT2D eigenvalue weighted by molar-refractivity contribution is 6.32. The van der Waals surface area contributed by atoms with Gasteiger partial charge < -0.3 is 0 Å². The number of halogens is 1. The molecule has 0 unspecified atom stereocenters. The summed E-state index contributed by atoms with van der Waals surface area (Å²) >= 11 is 5.98. The summed E-state index contributed by atoms with van der Waals surface area (Å²) in [6.45, 7) is 0.518. The highest BCUT2D eigenvalue weighted by atomic mass is 35.5. The summed E-state index contributed by atoms with van der Waals surface area (Å²) in [6.07, 6.45) is 5.27. The predicted octanol–water partition coefficient (Wildman–Crippen LogP) is 2.89. The molecule has 0 bridgehead atoms. The second-order valence-corrected chi connectivity index (χ2v) is 4.60. The van der Waals surface area contributed by atoms with Crippen molar-refractivity contribution in [3.63, 3.8) is 0 Å². The van der Waals surface area contributed by atoms with E-state index in [1.165, 1.54) is 11.0 Å². The monoisotopic (exact) mass is 263 g/mol. The predicted molar refractivity (Wildman–Crippen MR) is 71.1 cm³/mol. The van der Waals surface area contributed by atoms with Crippen LogP contribution in [0.3, 0.4) is 0 Å². The molecule has 3 nitrogen and oxygen atoms in total. The molecule has 0 N–H and O–H groups in total. The summed E-state index contributed by atoms with van der Waals surface area (Å²) in [4.78, 5) is 24.7. The topological polar surface area (TPSA) is 37.4 Å². The Balaban J connectivity index is 2.07. The first-order valence-electron chi connectivity index (χ1n) is 5.95. The molecular formula is C14H14ClNO2. The Morgan fingerprint density at radius 1 is 1.28 bits per heavy atom. The molecule has 18 heavy (non-hydrogen) atoms. The van der Waals surface area contributed by atoms with Crippen molar-refractivity contribution in [1.82, 2.24) is 4.90 Å². The van der Waals surface area contributed by atoms with Crippen LogP contribution >= 0.6 is 11.6 Å². The molecule has 2 rings (SSSR count). The van der Waals surface area contributed by atoms with E-state index in [1.807, 2.05) is 18.2 Å². The lowest BCUT2D eigenvalue weighted by molar-refractivity contribution is -0.143. The standard InChI is InChI=1S/C14H14ClNO2/c15-12-6-2-1-5-11(12)8-9-14(18)16-10-4-3-7-13(16)17/h1-2,5-6,8-9H,3-4,7,10H2/b9-8+. The van der Waals surface area contributed by atoms with Crippen molar-refractivity contribution in [2.75, 3.05) is 6.54 Å². The number of amides is 2. The Morgan fingerprint density at radius 3 is 2.78 bits per heavy atom. The van der Waals surface area contributed by atoms with Crippen LogP contribution in [0.5, 0.6) is 0 Å². The molecule has 1 heterocycles. The number of carbonyl (C=O) groups is 2. The van der Waals surface area contributed by atoms with Crippen molar-refractivity contribution >= 4 is 29.5 Å². The Labute approximate surface area is 111 Å². The number of piperidine rings is 1. The molecule has 1 fully saturated rings. The molecule has 2 amide bonds. The SMILES string of the molecule is O=C(/C=C/c1ccccc1Cl)N1CCCCC1=O. The first-order valence-corrected chi connectivity index (χ1v) is 6.33. The Bertz CT molecular complexity index is 496. The maximum absolute atomic E-state index is 11.9. The maximum Gasteiger partial charge on any atom is 0.253 e. The van der Waals surface area contributed by atoms with Crippen LogP contribution in [0.25, 0.3) is 6.08 Å². The number of hydrogen-bond donors (Lipinski definition) is 0. The summed E-state index contributed by atoms with van der Waals surface area (Å²) in [5.41, 5.74) is 0.775. The Morgan fingerprint density at radius 2 is 2.06 bits per heavy atom. The first kappa shape index (κ1) is 12.8. The van der Waals surface area contributed by atoms with Gasteiger partial charge in [-0.15, -0.1) is 0 Å². The average molecular weight is 264 g/mol. The van der Waals surface area contributed by atoms with Gasteiger partial charge in [-0.05, 0) is 30.5 Å². The molecule has 1 aromatic carbocycles. The van der Waals surface area contributed by atoms with E-state index in [1.54, 1.807) is 12.1 Å². The second-order valence-electron chi connectivity index (χ2n) is 4.20. The molecule has 1 saturated heterocycles. The zero-order valence-corrected chi connectivity index (χ0v) is 10.7. The summed E-state index contributed by atoms with van der Waals surface area (Å²) in [5.74, 6) is -0.352. The van der Waals surface area contributed by atoms with E-state index < -0.39 is 0 Å². The molecule has 1 aliphatic rings. The van der Waals surface area contributed by atoms with Crippen molar-refractivity contribution in [3.8, 4) is 0 Å². The molecular weight excluding hydrogens is 250 g/mol. The minimum atomic E-state index is -0.264. The van der Waals surface area contributed by atoms with Crippen LogP contribution in [0.15, 0.2) is 30.3 Å². The number of likely N-dealkylation sites (tertiary alicyclic amines) is 1. The molecule has 0 saturated carbocycles. The van der Waals surface area contributed by atoms with Gasteiger partial charge in [-0.25, -0.2) is 0 Å². The average Bonchev–Trinajstić information content (AvgIpc) is 2.38. The van der Waals surface area contributed by atoms with Crippen molar-refractivity contribution < 1.29 is 9.59 Å². The molecule has 0 aliphatic carbocycles. The van der Waals surface area contributed by atoms with E-state index in [4.69, 9.17) is 11.6 Å². The lowest BCUT2D eigenvalue weighted by atomic mass is 10.1.